The summed E-state index contributed by atoms with van der Waals surface area (Å²) < 4.78 is 11.1. The molecule has 0 N–H and O–H groups in total. The largest absolute Gasteiger partial charge is 0.454 e. The van der Waals surface area contributed by atoms with Gasteiger partial charge in [-0.25, -0.2) is 0 Å². The van der Waals surface area contributed by atoms with Crippen LogP contribution in [0.1, 0.15) is 36.8 Å². The third kappa shape index (κ3) is 3.59. The van der Waals surface area contributed by atoms with Crippen molar-refractivity contribution in [2.24, 2.45) is 11.8 Å². The van der Waals surface area contributed by atoms with Crippen LogP contribution in [0.2, 0.25) is 0 Å². The number of ether oxygens (including phenoxy) is 2. The highest BCUT2D eigenvalue weighted by Crippen LogP contribution is 2.43. The molecule has 0 spiro atoms. The standard InChI is InChI=1S/C26H30N2O3/c29-26-8-4-7-22-20-13-21(23(28(22)26)11-18-5-2-1-3-6-18)16-27(15-20)14-19-9-10-24-25(12-19)31-17-30-24/h1-3,5-6,9-10,12,20-23H,4,7-8,11,13-17H2/t20-,21+,22+,23+/m1/s1. The Balaban J connectivity index is 1.25. The van der Waals surface area contributed by atoms with Crippen molar-refractivity contribution in [1.82, 2.24) is 9.80 Å². The van der Waals surface area contributed by atoms with Crippen LogP contribution in [0.4, 0.5) is 0 Å². The fourth-order valence-corrected chi connectivity index (χ4v) is 6.42. The third-order valence-electron chi connectivity index (χ3n) is 7.70. The lowest BCUT2D eigenvalue weighted by atomic mass is 9.70. The van der Waals surface area contributed by atoms with Crippen LogP contribution in [0.15, 0.2) is 48.5 Å². The Labute approximate surface area is 183 Å². The molecule has 1 amide bonds. The first-order valence-electron chi connectivity index (χ1n) is 11.7. The Morgan fingerprint density at radius 3 is 2.68 bits per heavy atom. The summed E-state index contributed by atoms with van der Waals surface area (Å²) in [6.07, 6.45) is 5.15. The van der Waals surface area contributed by atoms with Gasteiger partial charge in [0.05, 0.1) is 0 Å². The Hall–Kier alpha value is -2.53. The van der Waals surface area contributed by atoms with Crippen molar-refractivity contribution in [3.8, 4) is 11.5 Å². The Kier molecular flexibility index (Phi) is 4.87. The smallest absolute Gasteiger partial charge is 0.231 e. The maximum atomic E-state index is 13.0. The molecule has 0 saturated carbocycles. The quantitative estimate of drug-likeness (QED) is 0.756. The maximum absolute atomic E-state index is 13.0. The van der Waals surface area contributed by atoms with Crippen LogP contribution in [-0.4, -0.2) is 47.7 Å². The number of amides is 1. The lowest BCUT2D eigenvalue weighted by molar-refractivity contribution is -0.152. The first-order valence-corrected chi connectivity index (χ1v) is 11.7. The Morgan fingerprint density at radius 1 is 0.935 bits per heavy atom. The van der Waals surface area contributed by atoms with Crippen molar-refractivity contribution in [2.45, 2.75) is 50.7 Å². The van der Waals surface area contributed by atoms with Crippen molar-refractivity contribution in [1.29, 1.82) is 0 Å². The van der Waals surface area contributed by atoms with E-state index in [9.17, 15) is 4.79 Å². The van der Waals surface area contributed by atoms with E-state index in [-0.39, 0.29) is 0 Å². The summed E-state index contributed by atoms with van der Waals surface area (Å²) >= 11 is 0. The van der Waals surface area contributed by atoms with E-state index in [4.69, 9.17) is 9.47 Å². The number of carbonyl (C=O) groups excluding carboxylic acids is 1. The highest BCUT2D eigenvalue weighted by atomic mass is 16.7. The number of benzene rings is 2. The van der Waals surface area contributed by atoms with Crippen molar-refractivity contribution in [2.75, 3.05) is 19.9 Å². The molecule has 3 saturated heterocycles. The van der Waals surface area contributed by atoms with Gasteiger partial charge < -0.3 is 14.4 Å². The van der Waals surface area contributed by atoms with Gasteiger partial charge in [0, 0.05) is 38.1 Å². The third-order valence-corrected chi connectivity index (χ3v) is 7.70. The van der Waals surface area contributed by atoms with E-state index in [1.54, 1.807) is 0 Å². The summed E-state index contributed by atoms with van der Waals surface area (Å²) in [5.41, 5.74) is 2.62. The van der Waals surface area contributed by atoms with Crippen LogP contribution in [0.3, 0.4) is 0 Å². The lowest BCUT2D eigenvalue weighted by Gasteiger charge is -2.57. The molecule has 6 rings (SSSR count). The number of hydrogen-bond acceptors (Lipinski definition) is 4. The first-order chi connectivity index (χ1) is 15.2. The Bertz CT molecular complexity index is 962. The average Bonchev–Trinajstić information content (AvgIpc) is 3.25. The number of rotatable bonds is 4. The van der Waals surface area contributed by atoms with E-state index < -0.39 is 0 Å². The first kappa shape index (κ1) is 19.2. The zero-order valence-electron chi connectivity index (χ0n) is 17.9. The molecule has 31 heavy (non-hydrogen) atoms. The lowest BCUT2D eigenvalue weighted by Crippen LogP contribution is -2.65. The summed E-state index contributed by atoms with van der Waals surface area (Å²) in [5.74, 6) is 3.21. The maximum Gasteiger partial charge on any atom is 0.231 e. The number of piperidine rings is 3. The fourth-order valence-electron chi connectivity index (χ4n) is 6.42. The van der Waals surface area contributed by atoms with E-state index in [0.29, 0.717) is 36.6 Å². The average molecular weight is 419 g/mol. The number of hydrogen-bond donors (Lipinski definition) is 0. The number of likely N-dealkylation sites (tertiary alicyclic amines) is 1. The highest BCUT2D eigenvalue weighted by molar-refractivity contribution is 5.78. The van der Waals surface area contributed by atoms with Gasteiger partial charge in [-0.2, -0.15) is 0 Å². The minimum absolute atomic E-state index is 0.316. The number of carbonyl (C=O) groups is 1. The van der Waals surface area contributed by atoms with Gasteiger partial charge in [-0.1, -0.05) is 36.4 Å². The van der Waals surface area contributed by atoms with Gasteiger partial charge in [-0.3, -0.25) is 9.69 Å². The number of nitrogens with zero attached hydrogens (tertiary/aromatic N) is 2. The topological polar surface area (TPSA) is 42.0 Å². The van der Waals surface area contributed by atoms with E-state index >= 15 is 0 Å². The van der Waals surface area contributed by atoms with Gasteiger partial charge in [0.15, 0.2) is 11.5 Å². The van der Waals surface area contributed by atoms with Crippen LogP contribution in [0.25, 0.3) is 0 Å². The summed E-state index contributed by atoms with van der Waals surface area (Å²) in [5, 5.41) is 0. The highest BCUT2D eigenvalue weighted by Gasteiger charge is 2.49. The van der Waals surface area contributed by atoms with Crippen molar-refractivity contribution >= 4 is 5.91 Å². The summed E-state index contributed by atoms with van der Waals surface area (Å²) in [7, 11) is 0. The van der Waals surface area contributed by atoms with E-state index in [0.717, 1.165) is 56.8 Å². The molecule has 4 aliphatic heterocycles. The van der Waals surface area contributed by atoms with Gasteiger partial charge >= 0.3 is 0 Å². The van der Waals surface area contributed by atoms with Crippen LogP contribution in [0, 0.1) is 11.8 Å². The molecule has 0 radical (unpaired) electrons. The second-order valence-electron chi connectivity index (χ2n) is 9.66. The van der Waals surface area contributed by atoms with Gasteiger partial charge in [-0.05, 0) is 60.8 Å². The van der Waals surface area contributed by atoms with E-state index in [2.05, 4.69) is 52.3 Å². The van der Waals surface area contributed by atoms with Crippen LogP contribution >= 0.6 is 0 Å². The van der Waals surface area contributed by atoms with Crippen LogP contribution in [-0.2, 0) is 17.8 Å². The van der Waals surface area contributed by atoms with E-state index in [1.165, 1.54) is 17.5 Å². The Morgan fingerprint density at radius 2 is 1.77 bits per heavy atom. The second kappa shape index (κ2) is 7.86. The second-order valence-corrected chi connectivity index (χ2v) is 9.66. The molecule has 4 heterocycles. The predicted octanol–water partition coefficient (Wildman–Crippen LogP) is 3.86. The monoisotopic (exact) mass is 418 g/mol. The van der Waals surface area contributed by atoms with Gasteiger partial charge in [-0.15, -0.1) is 0 Å². The van der Waals surface area contributed by atoms with Crippen LogP contribution < -0.4 is 9.47 Å². The molecular weight excluding hydrogens is 388 g/mol. The summed E-state index contributed by atoms with van der Waals surface area (Å²) in [6.45, 7) is 3.39. The molecule has 0 aliphatic carbocycles. The molecule has 5 heteroatoms. The molecular formula is C26H30N2O3. The van der Waals surface area contributed by atoms with Crippen LogP contribution in [0.5, 0.6) is 11.5 Å². The minimum Gasteiger partial charge on any atom is -0.454 e. The molecule has 162 valence electrons. The molecule has 2 aromatic carbocycles. The summed E-state index contributed by atoms with van der Waals surface area (Å²) in [4.78, 5) is 18.0. The van der Waals surface area contributed by atoms with Gasteiger partial charge in [0.1, 0.15) is 0 Å². The SMILES string of the molecule is O=C1CCC[C@H]2[C@@H]3C[C@@H](CN(Cc4ccc5c(c4)OCO5)C3)[C@H](Cc3ccccc3)N12. The van der Waals surface area contributed by atoms with Crippen molar-refractivity contribution in [3.05, 3.63) is 59.7 Å². The van der Waals surface area contributed by atoms with E-state index in [1.807, 2.05) is 6.07 Å². The molecule has 2 aromatic rings. The molecule has 3 fully saturated rings. The molecule has 0 aromatic heterocycles. The fraction of sp³-hybridized carbons (Fsp3) is 0.500. The molecule has 4 aliphatic rings. The molecule has 2 bridgehead atoms. The zero-order chi connectivity index (χ0) is 20.8. The molecule has 4 atom stereocenters. The minimum atomic E-state index is 0.316. The normalized spacial score (nSPS) is 29.7. The zero-order valence-corrected chi connectivity index (χ0v) is 17.9. The predicted molar refractivity (Wildman–Crippen MR) is 118 cm³/mol. The van der Waals surface area contributed by atoms with Crippen molar-refractivity contribution < 1.29 is 14.3 Å². The number of fused-ring (bicyclic) bond motifs is 5. The van der Waals surface area contributed by atoms with Crippen molar-refractivity contribution in [3.63, 3.8) is 0 Å². The molecule has 0 unspecified atom stereocenters. The summed E-state index contributed by atoms with van der Waals surface area (Å²) in [6, 6.07) is 17.8. The van der Waals surface area contributed by atoms with Gasteiger partial charge in [0.2, 0.25) is 12.7 Å². The van der Waals surface area contributed by atoms with Gasteiger partial charge in [0.25, 0.3) is 0 Å². The molecule has 5 nitrogen and oxygen atoms in total.